The minimum atomic E-state index is -0.133. The molecule has 1 aromatic carbocycles. The number of pyridine rings is 2. The quantitative estimate of drug-likeness (QED) is 0.342. The summed E-state index contributed by atoms with van der Waals surface area (Å²) in [5.41, 5.74) is 4.70. The zero-order valence-corrected chi connectivity index (χ0v) is 20.6. The molecule has 0 saturated heterocycles. The van der Waals surface area contributed by atoms with Gasteiger partial charge in [0.2, 0.25) is 12.3 Å². The van der Waals surface area contributed by atoms with Crippen molar-refractivity contribution in [2.75, 3.05) is 18.9 Å². The molecule has 0 aliphatic rings. The van der Waals surface area contributed by atoms with Crippen LogP contribution in [0.3, 0.4) is 0 Å². The summed E-state index contributed by atoms with van der Waals surface area (Å²) in [4.78, 5) is 29.9. The standard InChI is InChI=1S/C25H22N8O2.H2S/c1-15(18-4-3-5-19-20(24(34)26-2)6-7-28-23(18)19)10-29-22-9-21(30-13-31-22)16-8-17(12-27-11-16)25-33-32-14-35-25;/h3-9,11-15H,10H2,1-2H3,(H,26,34)(H,29,30,31);1H2/t15-;/m1./s1. The second kappa shape index (κ2) is 10.9. The van der Waals surface area contributed by atoms with Gasteiger partial charge in [-0.3, -0.25) is 14.8 Å². The first-order valence-electron chi connectivity index (χ1n) is 11.0. The smallest absolute Gasteiger partial charge is 0.251 e. The molecule has 11 heteroatoms. The molecule has 1 atom stereocenters. The maximum absolute atomic E-state index is 12.3. The molecule has 5 rings (SSSR count). The van der Waals surface area contributed by atoms with Gasteiger partial charge in [-0.1, -0.05) is 25.1 Å². The maximum Gasteiger partial charge on any atom is 0.251 e. The van der Waals surface area contributed by atoms with Gasteiger partial charge in [-0.05, 0) is 17.7 Å². The molecule has 0 aliphatic carbocycles. The van der Waals surface area contributed by atoms with Gasteiger partial charge in [0.15, 0.2) is 0 Å². The van der Waals surface area contributed by atoms with E-state index in [0.29, 0.717) is 35.1 Å². The number of hydrogen-bond acceptors (Lipinski definition) is 9. The molecule has 36 heavy (non-hydrogen) atoms. The van der Waals surface area contributed by atoms with Crippen molar-refractivity contribution < 1.29 is 9.21 Å². The van der Waals surface area contributed by atoms with Crippen LogP contribution >= 0.6 is 13.5 Å². The first kappa shape index (κ1) is 24.7. The fourth-order valence-electron chi connectivity index (χ4n) is 3.90. The van der Waals surface area contributed by atoms with Crippen LogP contribution in [0.25, 0.3) is 33.6 Å². The fourth-order valence-corrected chi connectivity index (χ4v) is 3.90. The fraction of sp³-hybridized carbons (Fsp3) is 0.160. The summed E-state index contributed by atoms with van der Waals surface area (Å²) in [6, 6.07) is 11.4. The molecule has 182 valence electrons. The minimum absolute atomic E-state index is 0. The highest BCUT2D eigenvalue weighted by Gasteiger charge is 2.15. The van der Waals surface area contributed by atoms with Gasteiger partial charge in [-0.15, -0.1) is 10.2 Å². The van der Waals surface area contributed by atoms with E-state index in [1.807, 2.05) is 30.3 Å². The van der Waals surface area contributed by atoms with Crippen LogP contribution < -0.4 is 10.6 Å². The van der Waals surface area contributed by atoms with Gasteiger partial charge in [0.05, 0.1) is 22.3 Å². The van der Waals surface area contributed by atoms with Gasteiger partial charge in [0, 0.05) is 55.1 Å². The van der Waals surface area contributed by atoms with E-state index in [2.05, 4.69) is 47.7 Å². The highest BCUT2D eigenvalue weighted by atomic mass is 32.1. The summed E-state index contributed by atoms with van der Waals surface area (Å²) in [7, 11) is 1.62. The molecule has 5 aromatic rings. The van der Waals surface area contributed by atoms with Crippen molar-refractivity contribution in [3.8, 4) is 22.7 Å². The summed E-state index contributed by atoms with van der Waals surface area (Å²) >= 11 is 0. The molecule has 4 heterocycles. The second-order valence-corrected chi connectivity index (χ2v) is 7.96. The third-order valence-electron chi connectivity index (χ3n) is 5.70. The van der Waals surface area contributed by atoms with Crippen molar-refractivity contribution in [2.24, 2.45) is 0 Å². The number of nitrogens with zero attached hydrogens (tertiary/aromatic N) is 6. The second-order valence-electron chi connectivity index (χ2n) is 7.96. The SMILES string of the molecule is CNC(=O)c1ccnc2c([C@H](C)CNc3cc(-c4cncc(-c5nnco5)c4)ncn3)cccc12.S. The zero-order valence-electron chi connectivity index (χ0n) is 19.6. The number of rotatable bonds is 7. The number of benzene rings is 1. The van der Waals surface area contributed by atoms with E-state index in [1.165, 1.54) is 12.7 Å². The van der Waals surface area contributed by atoms with Crippen molar-refractivity contribution in [1.82, 2.24) is 35.5 Å². The van der Waals surface area contributed by atoms with Gasteiger partial charge >= 0.3 is 0 Å². The number of para-hydroxylation sites is 1. The van der Waals surface area contributed by atoms with Gasteiger partial charge in [0.25, 0.3) is 5.91 Å². The lowest BCUT2D eigenvalue weighted by Gasteiger charge is -2.16. The van der Waals surface area contributed by atoms with Gasteiger partial charge in [0.1, 0.15) is 12.1 Å². The molecule has 0 aliphatic heterocycles. The summed E-state index contributed by atoms with van der Waals surface area (Å²) in [6.07, 6.45) is 7.84. The normalized spacial score (nSPS) is 11.5. The number of carbonyl (C=O) groups is 1. The lowest BCUT2D eigenvalue weighted by molar-refractivity contribution is 0.0964. The van der Waals surface area contributed by atoms with E-state index in [1.54, 1.807) is 31.7 Å². The van der Waals surface area contributed by atoms with Crippen molar-refractivity contribution in [2.45, 2.75) is 12.8 Å². The highest BCUT2D eigenvalue weighted by molar-refractivity contribution is 7.59. The number of amides is 1. The Morgan fingerprint density at radius 3 is 2.75 bits per heavy atom. The van der Waals surface area contributed by atoms with E-state index in [9.17, 15) is 4.79 Å². The number of aromatic nitrogens is 6. The lowest BCUT2D eigenvalue weighted by atomic mass is 9.96. The molecular weight excluding hydrogens is 476 g/mol. The molecule has 0 fully saturated rings. The Balaban J connectivity index is 0.00000304. The van der Waals surface area contributed by atoms with Gasteiger partial charge in [-0.25, -0.2) is 9.97 Å². The number of fused-ring (bicyclic) bond motifs is 1. The topological polar surface area (TPSA) is 132 Å². The Kier molecular flexibility index (Phi) is 7.50. The molecule has 0 radical (unpaired) electrons. The lowest BCUT2D eigenvalue weighted by Crippen LogP contribution is -2.18. The Labute approximate surface area is 214 Å². The van der Waals surface area contributed by atoms with E-state index < -0.39 is 0 Å². The van der Waals surface area contributed by atoms with Crippen LogP contribution in [0.15, 0.2) is 72.1 Å². The van der Waals surface area contributed by atoms with Crippen LogP contribution in [0.1, 0.15) is 28.8 Å². The Morgan fingerprint density at radius 2 is 1.94 bits per heavy atom. The van der Waals surface area contributed by atoms with Crippen molar-refractivity contribution in [3.63, 3.8) is 0 Å². The monoisotopic (exact) mass is 500 g/mol. The van der Waals surface area contributed by atoms with Crippen LogP contribution in [-0.4, -0.2) is 49.6 Å². The van der Waals surface area contributed by atoms with E-state index in [0.717, 1.165) is 22.0 Å². The van der Waals surface area contributed by atoms with Crippen molar-refractivity contribution in [3.05, 3.63) is 78.8 Å². The first-order chi connectivity index (χ1) is 17.1. The van der Waals surface area contributed by atoms with Crippen LogP contribution in [0.2, 0.25) is 0 Å². The van der Waals surface area contributed by atoms with Crippen molar-refractivity contribution >= 4 is 36.1 Å². The van der Waals surface area contributed by atoms with Crippen molar-refractivity contribution in [1.29, 1.82) is 0 Å². The minimum Gasteiger partial charge on any atom is -0.423 e. The highest BCUT2D eigenvalue weighted by Crippen LogP contribution is 2.27. The predicted molar refractivity (Wildman–Crippen MR) is 141 cm³/mol. The third-order valence-corrected chi connectivity index (χ3v) is 5.70. The summed E-state index contributed by atoms with van der Waals surface area (Å²) in [6.45, 7) is 2.72. The summed E-state index contributed by atoms with van der Waals surface area (Å²) < 4.78 is 5.26. The molecular formula is C25H24N8O2S. The molecule has 0 unspecified atom stereocenters. The average Bonchev–Trinajstić information content (AvgIpc) is 3.46. The number of hydrogen-bond donors (Lipinski definition) is 2. The number of anilines is 1. The van der Waals surface area contributed by atoms with Crippen LogP contribution in [0, 0.1) is 0 Å². The largest absolute Gasteiger partial charge is 0.423 e. The molecule has 0 saturated carbocycles. The zero-order chi connectivity index (χ0) is 24.2. The first-order valence-corrected chi connectivity index (χ1v) is 11.0. The molecule has 1 amide bonds. The maximum atomic E-state index is 12.3. The van der Waals surface area contributed by atoms with Gasteiger partial charge < -0.3 is 15.1 Å². The predicted octanol–water partition coefficient (Wildman–Crippen LogP) is 3.82. The third kappa shape index (κ3) is 5.01. The molecule has 0 spiro atoms. The molecule has 4 aromatic heterocycles. The van der Waals surface area contributed by atoms with E-state index in [-0.39, 0.29) is 25.3 Å². The van der Waals surface area contributed by atoms with Crippen LogP contribution in [-0.2, 0) is 0 Å². The number of nitrogens with one attached hydrogen (secondary N) is 2. The molecule has 10 nitrogen and oxygen atoms in total. The summed E-state index contributed by atoms with van der Waals surface area (Å²) in [5.74, 6) is 1.05. The number of carbonyl (C=O) groups excluding carboxylic acids is 1. The average molecular weight is 501 g/mol. The van der Waals surface area contributed by atoms with Crippen LogP contribution in [0.5, 0.6) is 0 Å². The van der Waals surface area contributed by atoms with E-state index >= 15 is 0 Å². The molecule has 2 N–H and O–H groups in total. The van der Waals surface area contributed by atoms with E-state index in [4.69, 9.17) is 4.42 Å². The Bertz CT molecular complexity index is 1490. The van der Waals surface area contributed by atoms with Gasteiger partial charge in [-0.2, -0.15) is 13.5 Å². The molecule has 0 bridgehead atoms. The summed E-state index contributed by atoms with van der Waals surface area (Å²) in [5, 5.41) is 14.5. The Morgan fingerprint density at radius 1 is 1.08 bits per heavy atom. The Hall–Kier alpha value is -4.38. The van der Waals surface area contributed by atoms with Crippen LogP contribution in [0.4, 0.5) is 5.82 Å².